The van der Waals surface area contributed by atoms with E-state index in [0.717, 1.165) is 83.5 Å². The first-order valence-electron chi connectivity index (χ1n) is 25.3. The zero-order valence-electron chi connectivity index (χ0n) is 40.2. The Balaban J connectivity index is 4.16. The largest absolute Gasteiger partial charge is 0.480 e. The molecule has 0 aromatic rings. The minimum atomic E-state index is -4.63. The van der Waals surface area contributed by atoms with Crippen molar-refractivity contribution in [1.82, 2.24) is 0 Å². The molecule has 63 heavy (non-hydrogen) atoms. The Bertz CT molecular complexity index is 1230. The SMILES string of the molecule is CC/C=C\C/C=C\C/C=C\C/C=C\CCCCCCCOCC(COP(=O)(O)OCC(N)C(=O)O)OC(=O)CCCCCCCCCCCCC/C=C\CCCCCCCCCC. The number of rotatable bonds is 48. The predicted molar refractivity (Wildman–Crippen MR) is 263 cm³/mol. The van der Waals surface area contributed by atoms with E-state index in [1.807, 2.05) is 0 Å². The van der Waals surface area contributed by atoms with Crippen LogP contribution in [0.5, 0.6) is 0 Å². The van der Waals surface area contributed by atoms with Crippen molar-refractivity contribution in [1.29, 1.82) is 0 Å². The third-order valence-electron chi connectivity index (χ3n) is 10.8. The summed E-state index contributed by atoms with van der Waals surface area (Å²) in [5, 5.41) is 8.93. The lowest BCUT2D eigenvalue weighted by molar-refractivity contribution is -0.154. The molecule has 11 heteroatoms. The fourth-order valence-electron chi connectivity index (χ4n) is 6.88. The zero-order valence-corrected chi connectivity index (χ0v) is 41.1. The van der Waals surface area contributed by atoms with Crippen molar-refractivity contribution < 1.29 is 42.7 Å². The Morgan fingerprint density at radius 1 is 0.524 bits per heavy atom. The molecule has 0 heterocycles. The van der Waals surface area contributed by atoms with E-state index in [4.69, 9.17) is 29.4 Å². The number of nitrogens with two attached hydrogens (primary N) is 1. The number of carbonyl (C=O) groups excluding carboxylic acids is 1. The van der Waals surface area contributed by atoms with Crippen LogP contribution < -0.4 is 5.73 Å². The molecule has 4 N–H and O–H groups in total. The highest BCUT2D eigenvalue weighted by molar-refractivity contribution is 7.47. The maximum absolute atomic E-state index is 12.7. The third kappa shape index (κ3) is 47.5. The second kappa shape index (κ2) is 47.6. The van der Waals surface area contributed by atoms with Gasteiger partial charge in [0.1, 0.15) is 12.1 Å². The Kier molecular flexibility index (Phi) is 45.9. The number of allylic oxidation sites excluding steroid dienone is 10. The van der Waals surface area contributed by atoms with E-state index >= 15 is 0 Å². The first-order chi connectivity index (χ1) is 30.7. The molecule has 3 atom stereocenters. The maximum atomic E-state index is 12.7. The van der Waals surface area contributed by atoms with Crippen molar-refractivity contribution in [2.24, 2.45) is 5.73 Å². The summed E-state index contributed by atoms with van der Waals surface area (Å²) in [4.78, 5) is 33.7. The van der Waals surface area contributed by atoms with Gasteiger partial charge < -0.3 is 25.2 Å². The minimum absolute atomic E-state index is 0.00264. The molecule has 366 valence electrons. The van der Waals surface area contributed by atoms with E-state index in [2.05, 4.69) is 74.6 Å². The average molecular weight is 908 g/mol. The van der Waals surface area contributed by atoms with Gasteiger partial charge in [0.05, 0.1) is 19.8 Å². The summed E-state index contributed by atoms with van der Waals surface area (Å²) in [6.07, 6.45) is 58.5. The van der Waals surface area contributed by atoms with Gasteiger partial charge in [-0.3, -0.25) is 18.6 Å². The average Bonchev–Trinajstić information content (AvgIpc) is 3.26. The third-order valence-corrected chi connectivity index (χ3v) is 11.7. The normalized spacial score (nSPS) is 14.2. The van der Waals surface area contributed by atoms with E-state index in [1.54, 1.807) is 0 Å². The second-order valence-corrected chi connectivity index (χ2v) is 18.4. The summed E-state index contributed by atoms with van der Waals surface area (Å²) < 4.78 is 33.5. The molecule has 0 fully saturated rings. The fourth-order valence-corrected chi connectivity index (χ4v) is 7.66. The van der Waals surface area contributed by atoms with Gasteiger partial charge in [-0.2, -0.15) is 0 Å². The van der Waals surface area contributed by atoms with Crippen molar-refractivity contribution in [3.63, 3.8) is 0 Å². The minimum Gasteiger partial charge on any atom is -0.480 e. The molecule has 0 rings (SSSR count). The smallest absolute Gasteiger partial charge is 0.472 e. The lowest BCUT2D eigenvalue weighted by Gasteiger charge is -2.20. The van der Waals surface area contributed by atoms with Crippen LogP contribution in [0.4, 0.5) is 0 Å². The van der Waals surface area contributed by atoms with Gasteiger partial charge in [-0.05, 0) is 77.0 Å². The van der Waals surface area contributed by atoms with Crippen molar-refractivity contribution in [2.45, 2.75) is 231 Å². The Morgan fingerprint density at radius 2 is 0.921 bits per heavy atom. The number of hydrogen-bond acceptors (Lipinski definition) is 8. The molecular weight excluding hydrogens is 814 g/mol. The number of esters is 1. The van der Waals surface area contributed by atoms with Crippen LogP contribution in [-0.2, 0) is 32.7 Å². The first-order valence-corrected chi connectivity index (χ1v) is 26.8. The molecule has 0 aliphatic heterocycles. The van der Waals surface area contributed by atoms with Crippen molar-refractivity contribution >= 4 is 19.8 Å². The highest BCUT2D eigenvalue weighted by Crippen LogP contribution is 2.43. The summed E-state index contributed by atoms with van der Waals surface area (Å²) in [5.74, 6) is -1.79. The Labute approximate surface area is 385 Å². The standard InChI is InChI=1S/C52H94NO9P/c1-3-5-7-9-11-13-15-17-19-21-23-24-25-26-27-28-30-32-34-36-38-40-42-44-51(54)62-49(47-60-63(57,58)61-48-50(53)52(55)56)46-59-45-43-41-39-37-35-33-31-29-22-20-18-16-14-12-10-8-6-4-2/h6,8,12,14,18,20-21,23,29,31,49-50H,3-5,7,9-11,13,15-17,19,22,24-28,30,32-48,53H2,1-2H3,(H,55,56)(H,57,58)/b8-6-,14-12-,20-18-,23-21-,31-29-. The van der Waals surface area contributed by atoms with E-state index in [-0.39, 0.29) is 13.0 Å². The molecule has 0 amide bonds. The van der Waals surface area contributed by atoms with Crippen LogP contribution in [0, 0.1) is 0 Å². The summed E-state index contributed by atoms with van der Waals surface area (Å²) >= 11 is 0. The molecule has 0 saturated carbocycles. The fraction of sp³-hybridized carbons (Fsp3) is 0.769. The number of carboxylic acids is 1. The first kappa shape index (κ1) is 60.7. The van der Waals surface area contributed by atoms with Crippen LogP contribution >= 0.6 is 7.82 Å². The molecule has 0 bridgehead atoms. The highest BCUT2D eigenvalue weighted by Gasteiger charge is 2.27. The van der Waals surface area contributed by atoms with E-state index in [9.17, 15) is 19.0 Å². The number of phosphoric acid groups is 1. The Morgan fingerprint density at radius 3 is 1.40 bits per heavy atom. The zero-order chi connectivity index (χ0) is 46.2. The molecule has 0 radical (unpaired) electrons. The van der Waals surface area contributed by atoms with Gasteiger partial charge in [-0.1, -0.05) is 197 Å². The van der Waals surface area contributed by atoms with Gasteiger partial charge >= 0.3 is 19.8 Å². The van der Waals surface area contributed by atoms with Crippen LogP contribution in [0.3, 0.4) is 0 Å². The molecule has 0 aliphatic carbocycles. The predicted octanol–water partition coefficient (Wildman–Crippen LogP) is 14.8. The topological polar surface area (TPSA) is 155 Å². The lowest BCUT2D eigenvalue weighted by Crippen LogP contribution is -2.34. The number of ether oxygens (including phenoxy) is 2. The summed E-state index contributed by atoms with van der Waals surface area (Å²) in [5.41, 5.74) is 5.37. The van der Waals surface area contributed by atoms with E-state index < -0.39 is 45.1 Å². The summed E-state index contributed by atoms with van der Waals surface area (Å²) in [7, 11) is -4.63. The molecule has 10 nitrogen and oxygen atoms in total. The van der Waals surface area contributed by atoms with Gasteiger partial charge in [0.25, 0.3) is 0 Å². The van der Waals surface area contributed by atoms with Gasteiger partial charge in [-0.25, -0.2) is 4.57 Å². The number of phosphoric ester groups is 1. The van der Waals surface area contributed by atoms with Gasteiger partial charge in [-0.15, -0.1) is 0 Å². The summed E-state index contributed by atoms with van der Waals surface area (Å²) in [6.45, 7) is 3.74. The van der Waals surface area contributed by atoms with Crippen molar-refractivity contribution in [2.75, 3.05) is 26.4 Å². The number of unbranched alkanes of at least 4 members (excludes halogenated alkanes) is 24. The summed E-state index contributed by atoms with van der Waals surface area (Å²) in [6, 6.07) is -1.48. The number of carbonyl (C=O) groups is 2. The van der Waals surface area contributed by atoms with Crippen LogP contribution in [0.25, 0.3) is 0 Å². The van der Waals surface area contributed by atoms with E-state index in [0.29, 0.717) is 13.0 Å². The van der Waals surface area contributed by atoms with Crippen LogP contribution in [-0.4, -0.2) is 60.5 Å². The van der Waals surface area contributed by atoms with Crippen LogP contribution in [0.2, 0.25) is 0 Å². The lowest BCUT2D eigenvalue weighted by atomic mass is 10.0. The van der Waals surface area contributed by atoms with Gasteiger partial charge in [0.15, 0.2) is 0 Å². The number of carboxylic acid groups (broad SMARTS) is 1. The number of hydrogen-bond donors (Lipinski definition) is 3. The van der Waals surface area contributed by atoms with Crippen LogP contribution in [0.1, 0.15) is 219 Å². The van der Waals surface area contributed by atoms with Gasteiger partial charge in [0, 0.05) is 13.0 Å². The van der Waals surface area contributed by atoms with Crippen LogP contribution in [0.15, 0.2) is 60.8 Å². The highest BCUT2D eigenvalue weighted by atomic mass is 31.2. The monoisotopic (exact) mass is 908 g/mol. The van der Waals surface area contributed by atoms with Crippen molar-refractivity contribution in [3.05, 3.63) is 60.8 Å². The number of aliphatic carboxylic acids is 1. The molecule has 0 saturated heterocycles. The van der Waals surface area contributed by atoms with Gasteiger partial charge in [0.2, 0.25) is 0 Å². The molecule has 0 aromatic carbocycles. The molecule has 3 unspecified atom stereocenters. The van der Waals surface area contributed by atoms with E-state index in [1.165, 1.54) is 109 Å². The van der Waals surface area contributed by atoms with Crippen molar-refractivity contribution in [3.8, 4) is 0 Å². The molecule has 0 aliphatic rings. The Hall–Kier alpha value is -2.33. The molecule has 0 aromatic heterocycles. The maximum Gasteiger partial charge on any atom is 0.472 e. The second-order valence-electron chi connectivity index (χ2n) is 16.9. The molecule has 0 spiro atoms. The quantitative estimate of drug-likeness (QED) is 0.0233. The molecular formula is C52H94NO9P.